The van der Waals surface area contributed by atoms with Gasteiger partial charge in [-0.15, -0.1) is 0 Å². The summed E-state index contributed by atoms with van der Waals surface area (Å²) in [5.41, 5.74) is 3.85. The Morgan fingerprint density at radius 1 is 1.05 bits per heavy atom. The minimum absolute atomic E-state index is 0.782. The highest BCUT2D eigenvalue weighted by Crippen LogP contribution is 2.27. The van der Waals surface area contributed by atoms with Crippen LogP contribution in [0.4, 0.5) is 11.4 Å². The fourth-order valence-corrected chi connectivity index (χ4v) is 2.77. The molecule has 0 atom stereocenters. The molecule has 0 aromatic heterocycles. The summed E-state index contributed by atoms with van der Waals surface area (Å²) in [5.74, 6) is 0. The molecule has 0 saturated heterocycles. The van der Waals surface area contributed by atoms with Gasteiger partial charge in [-0.1, -0.05) is 41.9 Å². The van der Waals surface area contributed by atoms with E-state index in [1.165, 1.54) is 11.3 Å². The number of anilines is 2. The van der Waals surface area contributed by atoms with Gasteiger partial charge in [-0.05, 0) is 30.2 Å². The summed E-state index contributed by atoms with van der Waals surface area (Å²) < 4.78 is 0. The SMILES string of the molecule is Clc1ccccc1NCCN1CCc2ccccc21. The van der Waals surface area contributed by atoms with Gasteiger partial charge >= 0.3 is 0 Å². The normalized spacial score (nSPS) is 13.4. The molecule has 19 heavy (non-hydrogen) atoms. The highest BCUT2D eigenvalue weighted by molar-refractivity contribution is 6.33. The van der Waals surface area contributed by atoms with E-state index in [0.29, 0.717) is 0 Å². The molecule has 0 amide bonds. The van der Waals surface area contributed by atoms with E-state index < -0.39 is 0 Å². The van der Waals surface area contributed by atoms with Crippen molar-refractivity contribution in [1.82, 2.24) is 0 Å². The van der Waals surface area contributed by atoms with E-state index in [1.807, 2.05) is 24.3 Å². The van der Waals surface area contributed by atoms with E-state index in [4.69, 9.17) is 11.6 Å². The average Bonchev–Trinajstić information content (AvgIpc) is 2.85. The molecule has 1 heterocycles. The average molecular weight is 273 g/mol. The first kappa shape index (κ1) is 12.4. The minimum Gasteiger partial charge on any atom is -0.382 e. The number of hydrogen-bond donors (Lipinski definition) is 1. The van der Waals surface area contributed by atoms with Gasteiger partial charge in [0.1, 0.15) is 0 Å². The molecule has 0 bridgehead atoms. The van der Waals surface area contributed by atoms with E-state index in [9.17, 15) is 0 Å². The Morgan fingerprint density at radius 2 is 1.84 bits per heavy atom. The predicted molar refractivity (Wildman–Crippen MR) is 82.3 cm³/mol. The van der Waals surface area contributed by atoms with Crippen molar-refractivity contribution in [3.05, 3.63) is 59.1 Å². The summed E-state index contributed by atoms with van der Waals surface area (Å²) in [6, 6.07) is 16.5. The van der Waals surface area contributed by atoms with Gasteiger partial charge in [-0.25, -0.2) is 0 Å². The van der Waals surface area contributed by atoms with E-state index in [1.54, 1.807) is 0 Å². The highest BCUT2D eigenvalue weighted by Gasteiger charge is 2.17. The van der Waals surface area contributed by atoms with Gasteiger partial charge in [0.2, 0.25) is 0 Å². The van der Waals surface area contributed by atoms with E-state index >= 15 is 0 Å². The van der Waals surface area contributed by atoms with Crippen molar-refractivity contribution in [1.29, 1.82) is 0 Å². The van der Waals surface area contributed by atoms with Gasteiger partial charge < -0.3 is 10.2 Å². The fraction of sp³-hybridized carbons (Fsp3) is 0.250. The molecule has 1 aliphatic rings. The highest BCUT2D eigenvalue weighted by atomic mass is 35.5. The Morgan fingerprint density at radius 3 is 2.74 bits per heavy atom. The zero-order valence-corrected chi connectivity index (χ0v) is 11.5. The van der Waals surface area contributed by atoms with Gasteiger partial charge in [-0.2, -0.15) is 0 Å². The maximum Gasteiger partial charge on any atom is 0.0637 e. The first-order valence-electron chi connectivity index (χ1n) is 6.66. The number of nitrogens with zero attached hydrogens (tertiary/aromatic N) is 1. The van der Waals surface area contributed by atoms with E-state index in [-0.39, 0.29) is 0 Å². The first-order valence-corrected chi connectivity index (χ1v) is 7.03. The molecule has 2 aromatic rings. The Hall–Kier alpha value is -1.67. The van der Waals surface area contributed by atoms with Gasteiger partial charge in [0, 0.05) is 25.3 Å². The van der Waals surface area contributed by atoms with Crippen LogP contribution in [0.25, 0.3) is 0 Å². The number of nitrogens with one attached hydrogen (secondary N) is 1. The molecule has 0 fully saturated rings. The van der Waals surface area contributed by atoms with Crippen LogP contribution in [0.1, 0.15) is 5.56 Å². The largest absolute Gasteiger partial charge is 0.382 e. The summed E-state index contributed by atoms with van der Waals surface area (Å²) >= 11 is 6.12. The second-order valence-corrected chi connectivity index (χ2v) is 5.18. The molecule has 3 rings (SSSR count). The van der Waals surface area contributed by atoms with Crippen LogP contribution in [-0.2, 0) is 6.42 Å². The number of rotatable bonds is 4. The van der Waals surface area contributed by atoms with Crippen LogP contribution in [-0.4, -0.2) is 19.6 Å². The van der Waals surface area contributed by atoms with Crippen LogP contribution >= 0.6 is 11.6 Å². The van der Waals surface area contributed by atoms with Crippen LogP contribution in [0.3, 0.4) is 0 Å². The summed E-state index contributed by atoms with van der Waals surface area (Å²) in [6.07, 6.45) is 1.16. The Balaban J connectivity index is 1.58. The summed E-state index contributed by atoms with van der Waals surface area (Å²) in [4.78, 5) is 2.43. The third-order valence-electron chi connectivity index (χ3n) is 3.55. The number of fused-ring (bicyclic) bond motifs is 1. The molecule has 2 nitrogen and oxygen atoms in total. The van der Waals surface area contributed by atoms with Crippen LogP contribution < -0.4 is 10.2 Å². The lowest BCUT2D eigenvalue weighted by Crippen LogP contribution is -2.27. The van der Waals surface area contributed by atoms with Gasteiger partial charge in [0.15, 0.2) is 0 Å². The third kappa shape index (κ3) is 2.69. The third-order valence-corrected chi connectivity index (χ3v) is 3.88. The Bertz CT molecular complexity index is 568. The molecule has 1 N–H and O–H groups in total. The summed E-state index contributed by atoms with van der Waals surface area (Å²) in [5, 5.41) is 4.18. The zero-order valence-electron chi connectivity index (χ0n) is 10.8. The zero-order chi connectivity index (χ0) is 13.1. The van der Waals surface area contributed by atoms with Gasteiger partial charge in [-0.3, -0.25) is 0 Å². The lowest BCUT2D eigenvalue weighted by molar-refractivity contribution is 0.839. The van der Waals surface area contributed by atoms with Crippen molar-refractivity contribution in [2.75, 3.05) is 29.9 Å². The molecule has 0 spiro atoms. The molecule has 0 saturated carbocycles. The van der Waals surface area contributed by atoms with Crippen molar-refractivity contribution >= 4 is 23.0 Å². The second kappa shape index (κ2) is 5.54. The monoisotopic (exact) mass is 272 g/mol. The van der Waals surface area contributed by atoms with Crippen molar-refractivity contribution in [3.63, 3.8) is 0 Å². The Labute approximate surface area is 119 Å². The standard InChI is InChI=1S/C16H17ClN2/c17-14-6-2-3-7-15(14)18-10-12-19-11-9-13-5-1-4-8-16(13)19/h1-8,18H,9-12H2. The van der Waals surface area contributed by atoms with Gasteiger partial charge in [0.25, 0.3) is 0 Å². The summed E-state index contributed by atoms with van der Waals surface area (Å²) in [7, 11) is 0. The van der Waals surface area contributed by atoms with Crippen molar-refractivity contribution in [2.24, 2.45) is 0 Å². The lowest BCUT2D eigenvalue weighted by Gasteiger charge is -2.20. The van der Waals surface area contributed by atoms with Crippen LogP contribution in [0.5, 0.6) is 0 Å². The molecular formula is C16H17ClN2. The fourth-order valence-electron chi connectivity index (χ4n) is 2.57. The predicted octanol–water partition coefficient (Wildman–Crippen LogP) is 3.81. The molecule has 0 unspecified atom stereocenters. The van der Waals surface area contributed by atoms with Gasteiger partial charge in [0.05, 0.1) is 10.7 Å². The molecule has 0 aliphatic carbocycles. The van der Waals surface area contributed by atoms with Crippen molar-refractivity contribution in [2.45, 2.75) is 6.42 Å². The number of para-hydroxylation sites is 2. The first-order chi connectivity index (χ1) is 9.34. The van der Waals surface area contributed by atoms with E-state index in [2.05, 4.69) is 34.5 Å². The smallest absolute Gasteiger partial charge is 0.0637 e. The molecule has 2 aromatic carbocycles. The maximum absolute atomic E-state index is 6.12. The molecular weight excluding hydrogens is 256 g/mol. The second-order valence-electron chi connectivity index (χ2n) is 4.77. The molecule has 1 aliphatic heterocycles. The number of halogens is 1. The maximum atomic E-state index is 6.12. The van der Waals surface area contributed by atoms with Crippen LogP contribution in [0.15, 0.2) is 48.5 Å². The number of hydrogen-bond acceptors (Lipinski definition) is 2. The number of benzene rings is 2. The lowest BCUT2D eigenvalue weighted by atomic mass is 10.2. The van der Waals surface area contributed by atoms with Crippen LogP contribution in [0.2, 0.25) is 5.02 Å². The van der Waals surface area contributed by atoms with Crippen molar-refractivity contribution in [3.8, 4) is 0 Å². The van der Waals surface area contributed by atoms with E-state index in [0.717, 1.165) is 36.8 Å². The topological polar surface area (TPSA) is 15.3 Å². The molecule has 98 valence electrons. The minimum atomic E-state index is 0.782. The van der Waals surface area contributed by atoms with Crippen molar-refractivity contribution < 1.29 is 0 Å². The quantitative estimate of drug-likeness (QED) is 0.910. The Kier molecular flexibility index (Phi) is 3.60. The summed E-state index contributed by atoms with van der Waals surface area (Å²) in [6.45, 7) is 3.02. The molecule has 0 radical (unpaired) electrons. The van der Waals surface area contributed by atoms with Crippen LogP contribution in [0, 0.1) is 0 Å². The molecule has 3 heteroatoms.